The monoisotopic (exact) mass is 585 g/mol. The van der Waals surface area contributed by atoms with Crippen molar-refractivity contribution in [3.8, 4) is 11.5 Å². The minimum absolute atomic E-state index is 0.000815. The highest BCUT2D eigenvalue weighted by Gasteiger charge is 2.46. The molecule has 1 atom stereocenters. The Morgan fingerprint density at radius 1 is 0.795 bits per heavy atom. The summed E-state index contributed by atoms with van der Waals surface area (Å²) in [5.41, 5.74) is 3.86. The Kier molecular flexibility index (Phi) is 8.28. The van der Waals surface area contributed by atoms with Gasteiger partial charge in [0.05, 0.1) is 24.4 Å². The molecule has 7 heteroatoms. The van der Waals surface area contributed by atoms with Gasteiger partial charge in [-0.1, -0.05) is 72.8 Å². The number of carbonyl (C=O) groups is 2. The topological polar surface area (TPSA) is 89.2 Å². The molecule has 1 aromatic heterocycles. The number of ketones is 1. The van der Waals surface area contributed by atoms with Crippen LogP contribution in [0.2, 0.25) is 0 Å². The van der Waals surface area contributed by atoms with Gasteiger partial charge >= 0.3 is 0 Å². The average Bonchev–Trinajstić information content (AvgIpc) is 3.66. The van der Waals surface area contributed by atoms with Gasteiger partial charge in [-0.15, -0.1) is 0 Å². The molecular weight excluding hydrogens is 554 g/mol. The van der Waals surface area contributed by atoms with Crippen LogP contribution in [0.1, 0.15) is 39.6 Å². The fourth-order valence-corrected chi connectivity index (χ4v) is 5.32. The molecule has 1 aliphatic heterocycles. The summed E-state index contributed by atoms with van der Waals surface area (Å²) in [6.07, 6.45) is 1.52. The van der Waals surface area contributed by atoms with Crippen LogP contribution in [0.3, 0.4) is 0 Å². The molecule has 1 aliphatic rings. The molecule has 44 heavy (non-hydrogen) atoms. The van der Waals surface area contributed by atoms with Crippen LogP contribution in [0.4, 0.5) is 0 Å². The molecule has 0 aliphatic carbocycles. The van der Waals surface area contributed by atoms with Gasteiger partial charge in [0.15, 0.2) is 0 Å². The van der Waals surface area contributed by atoms with Gasteiger partial charge in [0.25, 0.3) is 11.7 Å². The minimum Gasteiger partial charge on any atom is -0.507 e. The number of nitrogens with zero attached hydrogens (tertiary/aromatic N) is 1. The van der Waals surface area contributed by atoms with Crippen molar-refractivity contribution in [1.82, 2.24) is 4.90 Å². The SMILES string of the molecule is Cc1cc(/C(O)=C2\C(=O)C(=O)N(Cc3ccco3)C2c2cccc(OCc3ccccc3)c2)ccc1OCc1ccccc1. The van der Waals surface area contributed by atoms with Crippen LogP contribution in [0.25, 0.3) is 5.76 Å². The predicted octanol–water partition coefficient (Wildman–Crippen LogP) is 7.37. The summed E-state index contributed by atoms with van der Waals surface area (Å²) in [6, 6.07) is 34.7. The summed E-state index contributed by atoms with van der Waals surface area (Å²) < 4.78 is 17.6. The number of benzene rings is 4. The number of hydrogen-bond donors (Lipinski definition) is 1. The molecule has 6 rings (SSSR count). The molecule has 0 saturated carbocycles. The van der Waals surface area contributed by atoms with Gasteiger partial charge in [-0.05, 0) is 71.6 Å². The van der Waals surface area contributed by atoms with Crippen LogP contribution in [0.5, 0.6) is 11.5 Å². The van der Waals surface area contributed by atoms with E-state index in [4.69, 9.17) is 13.9 Å². The summed E-state index contributed by atoms with van der Waals surface area (Å²) in [5.74, 6) is 0.00162. The fraction of sp³-hybridized carbons (Fsp3) is 0.135. The number of furan rings is 1. The number of aliphatic hydroxyl groups excluding tert-OH is 1. The molecule has 0 radical (unpaired) electrons. The highest BCUT2D eigenvalue weighted by Crippen LogP contribution is 2.41. The van der Waals surface area contributed by atoms with E-state index in [9.17, 15) is 14.7 Å². The number of hydrogen-bond acceptors (Lipinski definition) is 6. The van der Waals surface area contributed by atoms with Gasteiger partial charge in [0, 0.05) is 5.56 Å². The first-order chi connectivity index (χ1) is 21.5. The molecule has 5 aromatic rings. The number of rotatable bonds is 10. The smallest absolute Gasteiger partial charge is 0.296 e. The maximum absolute atomic E-state index is 13.6. The summed E-state index contributed by atoms with van der Waals surface area (Å²) in [4.78, 5) is 28.4. The molecule has 220 valence electrons. The van der Waals surface area contributed by atoms with Crippen molar-refractivity contribution in [3.63, 3.8) is 0 Å². The van der Waals surface area contributed by atoms with Gasteiger partial charge in [-0.25, -0.2) is 0 Å². The Morgan fingerprint density at radius 3 is 2.16 bits per heavy atom. The van der Waals surface area contributed by atoms with E-state index < -0.39 is 17.7 Å². The first-order valence-corrected chi connectivity index (χ1v) is 14.3. The molecule has 4 aromatic carbocycles. The van der Waals surface area contributed by atoms with Crippen molar-refractivity contribution in [2.45, 2.75) is 32.7 Å². The van der Waals surface area contributed by atoms with E-state index in [0.29, 0.717) is 41.6 Å². The third kappa shape index (κ3) is 6.13. The lowest BCUT2D eigenvalue weighted by Crippen LogP contribution is -2.29. The second-order valence-corrected chi connectivity index (χ2v) is 10.6. The zero-order chi connectivity index (χ0) is 30.5. The normalized spacial score (nSPS) is 15.8. The molecule has 2 heterocycles. The molecule has 7 nitrogen and oxygen atoms in total. The van der Waals surface area contributed by atoms with Gasteiger partial charge in [0.2, 0.25) is 0 Å². The van der Waals surface area contributed by atoms with Crippen LogP contribution < -0.4 is 9.47 Å². The Hall–Kier alpha value is -5.56. The van der Waals surface area contributed by atoms with Crippen LogP contribution in [0, 0.1) is 6.92 Å². The Labute approximate surface area is 255 Å². The van der Waals surface area contributed by atoms with Crippen molar-refractivity contribution in [2.24, 2.45) is 0 Å². The van der Waals surface area contributed by atoms with Crippen molar-refractivity contribution < 1.29 is 28.6 Å². The predicted molar refractivity (Wildman–Crippen MR) is 166 cm³/mol. The molecule has 1 amide bonds. The number of likely N-dealkylation sites (tertiary alicyclic amines) is 1. The van der Waals surface area contributed by atoms with E-state index in [-0.39, 0.29) is 17.9 Å². The Bertz CT molecular complexity index is 1790. The van der Waals surface area contributed by atoms with Gasteiger partial charge in [-0.3, -0.25) is 9.59 Å². The first kappa shape index (κ1) is 28.6. The summed E-state index contributed by atoms with van der Waals surface area (Å²) >= 11 is 0. The molecular formula is C37H31NO6. The van der Waals surface area contributed by atoms with Crippen molar-refractivity contribution >= 4 is 17.4 Å². The van der Waals surface area contributed by atoms with Crippen molar-refractivity contribution in [1.29, 1.82) is 0 Å². The summed E-state index contributed by atoms with van der Waals surface area (Å²) in [5, 5.41) is 11.6. The lowest BCUT2D eigenvalue weighted by molar-refractivity contribution is -0.140. The van der Waals surface area contributed by atoms with Crippen molar-refractivity contribution in [3.05, 3.63) is 161 Å². The quantitative estimate of drug-likeness (QED) is 0.105. The highest BCUT2D eigenvalue weighted by molar-refractivity contribution is 6.46. The number of ether oxygens (including phenoxy) is 2. The number of aryl methyl sites for hydroxylation is 1. The van der Waals surface area contributed by atoms with Crippen LogP contribution in [-0.4, -0.2) is 21.7 Å². The zero-order valence-corrected chi connectivity index (χ0v) is 24.2. The van der Waals surface area contributed by atoms with Gasteiger partial charge < -0.3 is 23.9 Å². The van der Waals surface area contributed by atoms with E-state index in [1.54, 1.807) is 36.4 Å². The van der Waals surface area contributed by atoms with Crippen LogP contribution in [-0.2, 0) is 29.3 Å². The third-order valence-electron chi connectivity index (χ3n) is 7.55. The van der Waals surface area contributed by atoms with Crippen molar-refractivity contribution in [2.75, 3.05) is 0 Å². The fourth-order valence-electron chi connectivity index (χ4n) is 5.32. The summed E-state index contributed by atoms with van der Waals surface area (Å²) in [7, 11) is 0. The number of Topliss-reactive ketones (excluding diaryl/α,β-unsaturated/α-hetero) is 1. The molecule has 0 spiro atoms. The van der Waals surface area contributed by atoms with Gasteiger partial charge in [-0.2, -0.15) is 0 Å². The molecule has 1 unspecified atom stereocenters. The Balaban J connectivity index is 1.34. The summed E-state index contributed by atoms with van der Waals surface area (Å²) in [6.45, 7) is 2.68. The number of aliphatic hydroxyl groups is 1. The number of carbonyl (C=O) groups excluding carboxylic acids is 2. The second kappa shape index (κ2) is 12.8. The number of amides is 1. The maximum atomic E-state index is 13.6. The standard InChI is InChI=1S/C37H31NO6/c1-25-20-29(17-18-32(25)44-24-27-12-6-3-7-13-27)35(39)33-34(38(37(41)36(33)40)22-31-16-9-19-42-31)28-14-8-15-30(21-28)43-23-26-10-4-2-5-11-26/h2-21,34,39H,22-24H2,1H3/b35-33+. The molecule has 1 N–H and O–H groups in total. The van der Waals surface area contributed by atoms with E-state index >= 15 is 0 Å². The van der Waals surface area contributed by atoms with E-state index in [2.05, 4.69) is 0 Å². The van der Waals surface area contributed by atoms with Gasteiger partial charge in [0.1, 0.15) is 36.2 Å². The Morgan fingerprint density at radius 2 is 1.50 bits per heavy atom. The van der Waals surface area contributed by atoms with E-state index in [0.717, 1.165) is 16.7 Å². The molecule has 1 fully saturated rings. The highest BCUT2D eigenvalue weighted by atomic mass is 16.5. The van der Waals surface area contributed by atoms with Crippen LogP contribution in [0.15, 0.2) is 132 Å². The largest absolute Gasteiger partial charge is 0.507 e. The first-order valence-electron chi connectivity index (χ1n) is 14.3. The van der Waals surface area contributed by atoms with E-state index in [1.807, 2.05) is 85.8 Å². The van der Waals surface area contributed by atoms with E-state index in [1.165, 1.54) is 11.2 Å². The molecule has 1 saturated heterocycles. The zero-order valence-electron chi connectivity index (χ0n) is 24.2. The third-order valence-corrected chi connectivity index (χ3v) is 7.55. The second-order valence-electron chi connectivity index (χ2n) is 10.6. The minimum atomic E-state index is -0.866. The molecule has 0 bridgehead atoms. The lowest BCUT2D eigenvalue weighted by Gasteiger charge is -2.25. The maximum Gasteiger partial charge on any atom is 0.296 e. The average molecular weight is 586 g/mol. The lowest BCUT2D eigenvalue weighted by atomic mass is 9.94. The van der Waals surface area contributed by atoms with Crippen LogP contribution >= 0.6 is 0 Å².